The molecular formula is C20H27FN4O3S. The summed E-state index contributed by atoms with van der Waals surface area (Å²) >= 11 is 1.29. The zero-order chi connectivity index (χ0) is 21.4. The van der Waals surface area contributed by atoms with E-state index in [1.54, 1.807) is 17.5 Å². The van der Waals surface area contributed by atoms with Gasteiger partial charge < -0.3 is 20.3 Å². The summed E-state index contributed by atoms with van der Waals surface area (Å²) in [5.41, 5.74) is 0.417. The second kappa shape index (κ2) is 10.9. The third kappa shape index (κ3) is 6.79. The number of methoxy groups -OCH3 is 1. The number of ether oxygens (including phenoxy) is 1. The molecule has 1 aromatic carbocycles. The Morgan fingerprint density at radius 1 is 1.28 bits per heavy atom. The van der Waals surface area contributed by atoms with Crippen LogP contribution in [-0.2, 0) is 11.3 Å². The minimum atomic E-state index is -0.514. The van der Waals surface area contributed by atoms with E-state index in [1.807, 2.05) is 20.8 Å². The van der Waals surface area contributed by atoms with Crippen LogP contribution in [0.3, 0.4) is 0 Å². The second-order valence-electron chi connectivity index (χ2n) is 6.96. The fraction of sp³-hybridized carbons (Fsp3) is 0.450. The van der Waals surface area contributed by atoms with E-state index in [2.05, 4.69) is 15.6 Å². The summed E-state index contributed by atoms with van der Waals surface area (Å²) in [4.78, 5) is 30.8. The van der Waals surface area contributed by atoms with E-state index >= 15 is 0 Å². The SMILES string of the molecule is COCCN(Cc1nc(C(=O)NC(C)C(C)C)cs1)C(=O)Nc1ccccc1F. The van der Waals surface area contributed by atoms with Gasteiger partial charge in [-0.2, -0.15) is 0 Å². The van der Waals surface area contributed by atoms with E-state index in [1.165, 1.54) is 35.5 Å². The molecule has 0 aliphatic carbocycles. The highest BCUT2D eigenvalue weighted by Crippen LogP contribution is 2.16. The molecular weight excluding hydrogens is 395 g/mol. The maximum Gasteiger partial charge on any atom is 0.322 e. The maximum atomic E-state index is 13.8. The van der Waals surface area contributed by atoms with Crippen molar-refractivity contribution in [3.05, 3.63) is 46.2 Å². The lowest BCUT2D eigenvalue weighted by Crippen LogP contribution is -2.37. The molecule has 158 valence electrons. The number of hydrogen-bond acceptors (Lipinski definition) is 5. The Bertz CT molecular complexity index is 828. The molecule has 2 rings (SSSR count). The van der Waals surface area contributed by atoms with Crippen LogP contribution in [-0.4, -0.2) is 48.1 Å². The number of para-hydroxylation sites is 1. The Morgan fingerprint density at radius 3 is 2.66 bits per heavy atom. The Hall–Kier alpha value is -2.52. The zero-order valence-corrected chi connectivity index (χ0v) is 17.9. The van der Waals surface area contributed by atoms with Crippen LogP contribution in [0, 0.1) is 11.7 Å². The number of anilines is 1. The average molecular weight is 423 g/mol. The molecule has 1 atom stereocenters. The lowest BCUT2D eigenvalue weighted by Gasteiger charge is -2.22. The quantitative estimate of drug-likeness (QED) is 0.645. The number of benzene rings is 1. The molecule has 2 aromatic rings. The molecule has 9 heteroatoms. The fourth-order valence-corrected chi connectivity index (χ4v) is 3.10. The number of nitrogens with one attached hydrogen (secondary N) is 2. The zero-order valence-electron chi connectivity index (χ0n) is 17.1. The molecule has 0 aliphatic rings. The van der Waals surface area contributed by atoms with E-state index in [0.717, 1.165) is 0 Å². The van der Waals surface area contributed by atoms with Crippen molar-refractivity contribution in [2.75, 3.05) is 25.6 Å². The topological polar surface area (TPSA) is 83.6 Å². The smallest absolute Gasteiger partial charge is 0.322 e. The van der Waals surface area contributed by atoms with Gasteiger partial charge in [-0.1, -0.05) is 26.0 Å². The van der Waals surface area contributed by atoms with Gasteiger partial charge in [-0.15, -0.1) is 11.3 Å². The predicted molar refractivity (Wildman–Crippen MR) is 112 cm³/mol. The number of aromatic nitrogens is 1. The number of carbonyl (C=O) groups is 2. The predicted octanol–water partition coefficient (Wildman–Crippen LogP) is 3.74. The number of thiazole rings is 1. The summed E-state index contributed by atoms with van der Waals surface area (Å²) in [6, 6.07) is 5.51. The molecule has 0 radical (unpaired) electrons. The van der Waals surface area contributed by atoms with Gasteiger partial charge in [0.2, 0.25) is 0 Å². The summed E-state index contributed by atoms with van der Waals surface area (Å²) in [6.07, 6.45) is 0. The number of carbonyl (C=O) groups excluding carboxylic acids is 2. The van der Waals surface area contributed by atoms with E-state index in [9.17, 15) is 14.0 Å². The number of urea groups is 1. The minimum Gasteiger partial charge on any atom is -0.383 e. The monoisotopic (exact) mass is 422 g/mol. The van der Waals surface area contributed by atoms with Crippen LogP contribution in [0.2, 0.25) is 0 Å². The second-order valence-corrected chi connectivity index (χ2v) is 7.90. The molecule has 0 bridgehead atoms. The molecule has 1 unspecified atom stereocenters. The highest BCUT2D eigenvalue weighted by atomic mass is 32.1. The van der Waals surface area contributed by atoms with E-state index in [0.29, 0.717) is 29.8 Å². The number of hydrogen-bond donors (Lipinski definition) is 2. The van der Waals surface area contributed by atoms with Gasteiger partial charge in [0.05, 0.1) is 18.8 Å². The highest BCUT2D eigenvalue weighted by Gasteiger charge is 2.19. The normalized spacial score (nSPS) is 11.9. The lowest BCUT2D eigenvalue weighted by molar-refractivity contribution is 0.0926. The van der Waals surface area contributed by atoms with Gasteiger partial charge in [-0.05, 0) is 25.0 Å². The van der Waals surface area contributed by atoms with Crippen LogP contribution in [0.25, 0.3) is 0 Å². The van der Waals surface area contributed by atoms with Crippen molar-refractivity contribution in [2.24, 2.45) is 5.92 Å². The van der Waals surface area contributed by atoms with Crippen molar-refractivity contribution >= 4 is 29.0 Å². The first-order chi connectivity index (χ1) is 13.8. The number of halogens is 1. The number of nitrogens with zero attached hydrogens (tertiary/aromatic N) is 2. The summed E-state index contributed by atoms with van der Waals surface area (Å²) in [5.74, 6) is -0.448. The largest absolute Gasteiger partial charge is 0.383 e. The van der Waals surface area contributed by atoms with Gasteiger partial charge in [0, 0.05) is 25.1 Å². The van der Waals surface area contributed by atoms with E-state index < -0.39 is 11.8 Å². The molecule has 0 spiro atoms. The van der Waals surface area contributed by atoms with Gasteiger partial charge in [-0.25, -0.2) is 14.2 Å². The average Bonchev–Trinajstić information content (AvgIpc) is 3.15. The first-order valence-corrected chi connectivity index (χ1v) is 10.2. The number of rotatable bonds is 9. The molecule has 7 nitrogen and oxygen atoms in total. The summed E-state index contributed by atoms with van der Waals surface area (Å²) in [5, 5.41) is 7.74. The Morgan fingerprint density at radius 2 is 2.00 bits per heavy atom. The summed E-state index contributed by atoms with van der Waals surface area (Å²) in [6.45, 7) is 6.78. The van der Waals surface area contributed by atoms with Gasteiger partial charge in [-0.3, -0.25) is 4.79 Å². The maximum absolute atomic E-state index is 13.8. The lowest BCUT2D eigenvalue weighted by atomic mass is 10.1. The van der Waals surface area contributed by atoms with Gasteiger partial charge in [0.15, 0.2) is 0 Å². The fourth-order valence-electron chi connectivity index (χ4n) is 2.31. The summed E-state index contributed by atoms with van der Waals surface area (Å²) < 4.78 is 18.9. The van der Waals surface area contributed by atoms with Crippen molar-refractivity contribution in [3.63, 3.8) is 0 Å². The molecule has 3 amide bonds. The van der Waals surface area contributed by atoms with Crippen LogP contribution in [0.4, 0.5) is 14.9 Å². The van der Waals surface area contributed by atoms with Crippen LogP contribution in [0.5, 0.6) is 0 Å². The Labute approximate surface area is 174 Å². The first kappa shape index (κ1) is 22.8. The summed E-state index contributed by atoms with van der Waals surface area (Å²) in [7, 11) is 1.54. The van der Waals surface area contributed by atoms with Crippen molar-refractivity contribution < 1.29 is 18.7 Å². The van der Waals surface area contributed by atoms with Crippen molar-refractivity contribution in [1.82, 2.24) is 15.2 Å². The molecule has 0 aliphatic heterocycles. The molecule has 1 heterocycles. The molecule has 0 saturated heterocycles. The Balaban J connectivity index is 2.06. The van der Waals surface area contributed by atoms with Crippen LogP contribution in [0.15, 0.2) is 29.6 Å². The van der Waals surface area contributed by atoms with Crippen LogP contribution >= 0.6 is 11.3 Å². The third-order valence-corrected chi connectivity index (χ3v) is 5.27. The minimum absolute atomic E-state index is 0.0254. The van der Waals surface area contributed by atoms with Crippen molar-refractivity contribution in [2.45, 2.75) is 33.4 Å². The molecule has 0 saturated carbocycles. The third-order valence-electron chi connectivity index (χ3n) is 4.44. The Kier molecular flexibility index (Phi) is 8.53. The standard InChI is InChI=1S/C20H27FN4O3S/c1-13(2)14(3)22-19(26)17-12-29-18(23-17)11-25(9-10-28-4)20(27)24-16-8-6-5-7-15(16)21/h5-8,12-14H,9-11H2,1-4H3,(H,22,26)(H,24,27). The highest BCUT2D eigenvalue weighted by molar-refractivity contribution is 7.09. The molecule has 1 aromatic heterocycles. The van der Waals surface area contributed by atoms with E-state index in [-0.39, 0.29) is 24.2 Å². The van der Waals surface area contributed by atoms with Crippen molar-refractivity contribution in [3.8, 4) is 0 Å². The van der Waals surface area contributed by atoms with Crippen LogP contribution in [0.1, 0.15) is 36.3 Å². The van der Waals surface area contributed by atoms with Crippen molar-refractivity contribution in [1.29, 1.82) is 0 Å². The van der Waals surface area contributed by atoms with E-state index in [4.69, 9.17) is 4.74 Å². The number of amides is 3. The first-order valence-electron chi connectivity index (χ1n) is 9.36. The molecule has 2 N–H and O–H groups in total. The van der Waals surface area contributed by atoms with Gasteiger partial charge in [0.25, 0.3) is 5.91 Å². The molecule has 0 fully saturated rings. The van der Waals surface area contributed by atoms with Crippen LogP contribution < -0.4 is 10.6 Å². The molecule has 29 heavy (non-hydrogen) atoms. The van der Waals surface area contributed by atoms with Gasteiger partial charge in [0.1, 0.15) is 16.5 Å². The van der Waals surface area contributed by atoms with Gasteiger partial charge >= 0.3 is 6.03 Å².